The fourth-order valence-electron chi connectivity index (χ4n) is 3.52. The number of sulfone groups is 1. The average molecular weight is 483 g/mol. The number of rotatable bonds is 8. The van der Waals surface area contributed by atoms with Crippen LogP contribution < -0.4 is 10.6 Å². The van der Waals surface area contributed by atoms with Gasteiger partial charge in [-0.2, -0.15) is 0 Å². The molecule has 0 bridgehead atoms. The van der Waals surface area contributed by atoms with E-state index >= 15 is 0 Å². The van der Waals surface area contributed by atoms with Crippen LogP contribution in [0, 0.1) is 0 Å². The Balaban J connectivity index is 1.47. The van der Waals surface area contributed by atoms with E-state index in [1.165, 1.54) is 0 Å². The highest BCUT2D eigenvalue weighted by Crippen LogP contribution is 2.26. The Morgan fingerprint density at radius 2 is 1.76 bits per heavy atom. The van der Waals surface area contributed by atoms with Crippen LogP contribution in [0.1, 0.15) is 11.4 Å². The molecular weight excluding hydrogens is 460 g/mol. The molecule has 4 rings (SSSR count). The van der Waals surface area contributed by atoms with Gasteiger partial charge in [0.25, 0.3) is 0 Å². The van der Waals surface area contributed by atoms with Crippen molar-refractivity contribution in [2.45, 2.75) is 18.8 Å². The number of nitrogens with one attached hydrogen (secondary N) is 2. The summed E-state index contributed by atoms with van der Waals surface area (Å²) in [5.41, 5.74) is 3.77. The highest BCUT2D eigenvalue weighted by molar-refractivity contribution is 7.89. The first-order valence-corrected chi connectivity index (χ1v) is 12.7. The number of halogens is 1. The highest BCUT2D eigenvalue weighted by atomic mass is 35.5. The second kappa shape index (κ2) is 9.64. The van der Waals surface area contributed by atoms with Crippen molar-refractivity contribution < 1.29 is 13.2 Å². The number of hydrogen-bond acceptors (Lipinski definition) is 5. The predicted molar refractivity (Wildman–Crippen MR) is 132 cm³/mol. The molecule has 4 aromatic rings. The predicted octanol–water partition coefficient (Wildman–Crippen LogP) is 4.49. The summed E-state index contributed by atoms with van der Waals surface area (Å²) in [6, 6.07) is 22.4. The number of benzene rings is 3. The van der Waals surface area contributed by atoms with Gasteiger partial charge >= 0.3 is 0 Å². The lowest BCUT2D eigenvalue weighted by Gasteiger charge is -2.12. The molecule has 1 aromatic heterocycles. The maximum atomic E-state index is 12.8. The molecule has 0 fully saturated rings. The minimum absolute atomic E-state index is 0.0724. The first-order chi connectivity index (χ1) is 15.8. The number of fused-ring (bicyclic) bond motifs is 1. The number of anilines is 2. The number of carbonyl (C=O) groups is 1. The Labute approximate surface area is 197 Å². The van der Waals surface area contributed by atoms with E-state index in [2.05, 4.69) is 15.6 Å². The monoisotopic (exact) mass is 482 g/mol. The van der Waals surface area contributed by atoms with Crippen molar-refractivity contribution in [3.05, 3.63) is 89.2 Å². The summed E-state index contributed by atoms with van der Waals surface area (Å²) in [6.45, 7) is 0.556. The van der Waals surface area contributed by atoms with Gasteiger partial charge in [-0.25, -0.2) is 13.4 Å². The van der Waals surface area contributed by atoms with Crippen molar-refractivity contribution in [3.63, 3.8) is 0 Å². The Morgan fingerprint density at radius 1 is 1.03 bits per heavy atom. The molecule has 170 valence electrons. The SMILES string of the molecule is CS(=O)(=O)Cc1nc2ccccc2n1CC(=O)Nc1ccc(NCc2ccccc2)c(Cl)c1. The highest BCUT2D eigenvalue weighted by Gasteiger charge is 2.17. The number of aromatic nitrogens is 2. The summed E-state index contributed by atoms with van der Waals surface area (Å²) in [7, 11) is -3.32. The Hall–Kier alpha value is -3.36. The molecule has 7 nitrogen and oxygen atoms in total. The second-order valence-electron chi connectivity index (χ2n) is 7.75. The number of carbonyl (C=O) groups excluding carboxylic acids is 1. The molecule has 0 aliphatic rings. The summed E-state index contributed by atoms with van der Waals surface area (Å²) in [5.74, 6) is -0.232. The molecule has 3 aromatic carbocycles. The van der Waals surface area contributed by atoms with Crippen LogP contribution in [-0.4, -0.2) is 30.1 Å². The summed E-state index contributed by atoms with van der Waals surface area (Å²) in [6.07, 6.45) is 1.14. The molecule has 33 heavy (non-hydrogen) atoms. The topological polar surface area (TPSA) is 93.1 Å². The number of imidazole rings is 1. The minimum Gasteiger partial charge on any atom is -0.380 e. The molecule has 0 unspecified atom stereocenters. The summed E-state index contributed by atoms with van der Waals surface area (Å²) < 4.78 is 25.3. The summed E-state index contributed by atoms with van der Waals surface area (Å²) in [5, 5.41) is 6.59. The molecule has 0 saturated heterocycles. The lowest BCUT2D eigenvalue weighted by atomic mass is 10.2. The van der Waals surface area contributed by atoms with Crippen LogP contribution in [0.5, 0.6) is 0 Å². The van der Waals surface area contributed by atoms with Crippen LogP contribution in [0.15, 0.2) is 72.8 Å². The van der Waals surface area contributed by atoms with Gasteiger partial charge in [0.1, 0.15) is 18.1 Å². The van der Waals surface area contributed by atoms with Gasteiger partial charge in [0, 0.05) is 18.5 Å². The van der Waals surface area contributed by atoms with Crippen LogP contribution in [-0.2, 0) is 33.5 Å². The normalized spacial score (nSPS) is 11.5. The zero-order valence-electron chi connectivity index (χ0n) is 18.0. The number of nitrogens with zero attached hydrogens (tertiary/aromatic N) is 2. The Morgan fingerprint density at radius 3 is 2.48 bits per heavy atom. The lowest BCUT2D eigenvalue weighted by Crippen LogP contribution is -2.21. The molecule has 2 N–H and O–H groups in total. The van der Waals surface area contributed by atoms with E-state index in [1.807, 2.05) is 54.6 Å². The van der Waals surface area contributed by atoms with Gasteiger partial charge in [0.15, 0.2) is 9.84 Å². The minimum atomic E-state index is -3.32. The van der Waals surface area contributed by atoms with Crippen LogP contribution in [0.2, 0.25) is 5.02 Å². The zero-order valence-corrected chi connectivity index (χ0v) is 19.5. The van der Waals surface area contributed by atoms with E-state index in [0.29, 0.717) is 34.1 Å². The number of hydrogen-bond donors (Lipinski definition) is 2. The lowest BCUT2D eigenvalue weighted by molar-refractivity contribution is -0.116. The van der Waals surface area contributed by atoms with E-state index < -0.39 is 9.84 Å². The number of amides is 1. The number of para-hydroxylation sites is 2. The first-order valence-electron chi connectivity index (χ1n) is 10.3. The zero-order chi connectivity index (χ0) is 23.4. The third kappa shape index (κ3) is 5.91. The quantitative estimate of drug-likeness (QED) is 0.386. The Bertz CT molecular complexity index is 1400. The van der Waals surface area contributed by atoms with Crippen molar-refractivity contribution in [1.29, 1.82) is 0 Å². The van der Waals surface area contributed by atoms with Crippen molar-refractivity contribution >= 4 is 49.8 Å². The standard InChI is InChI=1S/C24H23ClN4O3S/c1-33(31,32)16-23-28-21-9-5-6-10-22(21)29(23)15-24(30)27-18-11-12-20(19(25)13-18)26-14-17-7-3-2-4-8-17/h2-13,26H,14-16H2,1H3,(H,27,30). The average Bonchev–Trinajstić information content (AvgIpc) is 3.09. The van der Waals surface area contributed by atoms with Gasteiger partial charge in [-0.15, -0.1) is 0 Å². The van der Waals surface area contributed by atoms with Crippen molar-refractivity contribution in [2.24, 2.45) is 0 Å². The van der Waals surface area contributed by atoms with Crippen LogP contribution in [0.3, 0.4) is 0 Å². The molecule has 0 saturated carbocycles. The van der Waals surface area contributed by atoms with E-state index in [9.17, 15) is 13.2 Å². The van der Waals surface area contributed by atoms with E-state index in [4.69, 9.17) is 11.6 Å². The molecule has 1 heterocycles. The fourth-order valence-corrected chi connectivity index (χ4v) is 4.46. The van der Waals surface area contributed by atoms with Crippen LogP contribution >= 0.6 is 11.6 Å². The largest absolute Gasteiger partial charge is 0.380 e. The third-order valence-corrected chi connectivity index (χ3v) is 6.10. The van der Waals surface area contributed by atoms with Crippen LogP contribution in [0.25, 0.3) is 11.0 Å². The van der Waals surface area contributed by atoms with E-state index in [0.717, 1.165) is 17.5 Å². The van der Waals surface area contributed by atoms with Gasteiger partial charge in [-0.05, 0) is 35.9 Å². The first kappa shape index (κ1) is 22.8. The maximum absolute atomic E-state index is 12.8. The molecule has 0 radical (unpaired) electrons. The third-order valence-electron chi connectivity index (χ3n) is 5.01. The van der Waals surface area contributed by atoms with E-state index in [-0.39, 0.29) is 18.2 Å². The molecule has 0 atom stereocenters. The smallest absolute Gasteiger partial charge is 0.244 e. The van der Waals surface area contributed by atoms with Gasteiger partial charge in [-0.3, -0.25) is 4.79 Å². The molecule has 0 aliphatic carbocycles. The van der Waals surface area contributed by atoms with Crippen LogP contribution in [0.4, 0.5) is 11.4 Å². The molecule has 1 amide bonds. The van der Waals surface area contributed by atoms with Crippen molar-refractivity contribution in [1.82, 2.24) is 9.55 Å². The molecular formula is C24H23ClN4O3S. The van der Waals surface area contributed by atoms with Gasteiger partial charge in [0.05, 0.1) is 21.7 Å². The van der Waals surface area contributed by atoms with Gasteiger partial charge in [0.2, 0.25) is 5.91 Å². The summed E-state index contributed by atoms with van der Waals surface area (Å²) >= 11 is 6.40. The van der Waals surface area contributed by atoms with Gasteiger partial charge < -0.3 is 15.2 Å². The summed E-state index contributed by atoms with van der Waals surface area (Å²) in [4.78, 5) is 17.2. The van der Waals surface area contributed by atoms with Crippen molar-refractivity contribution in [2.75, 3.05) is 16.9 Å². The maximum Gasteiger partial charge on any atom is 0.244 e. The molecule has 0 spiro atoms. The fraction of sp³-hybridized carbons (Fsp3) is 0.167. The van der Waals surface area contributed by atoms with Crippen molar-refractivity contribution in [3.8, 4) is 0 Å². The van der Waals surface area contributed by atoms with E-state index in [1.54, 1.807) is 22.8 Å². The second-order valence-corrected chi connectivity index (χ2v) is 10.3. The molecule has 9 heteroatoms. The van der Waals surface area contributed by atoms with Gasteiger partial charge in [-0.1, -0.05) is 54.1 Å². The molecule has 0 aliphatic heterocycles. The Kier molecular flexibility index (Phi) is 6.67.